The van der Waals surface area contributed by atoms with Crippen molar-refractivity contribution in [1.29, 1.82) is 0 Å². The number of nitrogen functional groups attached to an aromatic ring is 1. The smallest absolute Gasteiger partial charge is 0.132 e. The van der Waals surface area contributed by atoms with Gasteiger partial charge in [0.25, 0.3) is 0 Å². The predicted octanol–water partition coefficient (Wildman–Crippen LogP) is 1.30. The van der Waals surface area contributed by atoms with Crippen LogP contribution in [0.3, 0.4) is 0 Å². The van der Waals surface area contributed by atoms with E-state index in [0.717, 1.165) is 23.0 Å². The molecule has 0 aliphatic heterocycles. The Morgan fingerprint density at radius 3 is 2.86 bits per heavy atom. The second kappa shape index (κ2) is 5.53. The molecule has 0 amide bonds. The third kappa shape index (κ3) is 3.11. The van der Waals surface area contributed by atoms with Crippen molar-refractivity contribution >= 4 is 28.3 Å². The molecule has 1 aromatic rings. The van der Waals surface area contributed by atoms with Gasteiger partial charge in [-0.15, -0.1) is 5.10 Å². The maximum atomic E-state index is 5.72. The van der Waals surface area contributed by atoms with Crippen molar-refractivity contribution in [3.8, 4) is 0 Å². The quantitative estimate of drug-likeness (QED) is 0.829. The van der Waals surface area contributed by atoms with E-state index in [1.807, 2.05) is 11.8 Å². The van der Waals surface area contributed by atoms with Gasteiger partial charge < -0.3 is 5.73 Å². The molecule has 0 aromatic carbocycles. The van der Waals surface area contributed by atoms with Crippen LogP contribution in [-0.4, -0.2) is 39.6 Å². The highest BCUT2D eigenvalue weighted by molar-refractivity contribution is 7.98. The first-order valence-electron chi connectivity index (χ1n) is 4.41. The van der Waals surface area contributed by atoms with Crippen molar-refractivity contribution < 1.29 is 0 Å². The summed E-state index contributed by atoms with van der Waals surface area (Å²) in [5, 5.41) is 4.72. The van der Waals surface area contributed by atoms with E-state index < -0.39 is 0 Å². The van der Waals surface area contributed by atoms with Crippen molar-refractivity contribution in [2.24, 2.45) is 0 Å². The van der Waals surface area contributed by atoms with Crippen LogP contribution in [0.1, 0.15) is 12.6 Å². The summed E-state index contributed by atoms with van der Waals surface area (Å²) in [6, 6.07) is 0.533. The zero-order chi connectivity index (χ0) is 10.6. The van der Waals surface area contributed by atoms with Gasteiger partial charge in [-0.3, -0.25) is 4.90 Å². The van der Waals surface area contributed by atoms with Crippen LogP contribution < -0.4 is 5.73 Å². The first-order chi connectivity index (χ1) is 6.65. The summed E-state index contributed by atoms with van der Waals surface area (Å²) in [6.07, 6.45) is 2.11. The molecule has 4 nitrogen and oxygen atoms in total. The Labute approximate surface area is 93.0 Å². The van der Waals surface area contributed by atoms with Gasteiger partial charge in [-0.1, -0.05) is 4.49 Å². The van der Waals surface area contributed by atoms with Crippen LogP contribution in [0.2, 0.25) is 0 Å². The largest absolute Gasteiger partial charge is 0.388 e. The molecular formula is C8H16N4S2. The molecule has 1 aromatic heterocycles. The summed E-state index contributed by atoms with van der Waals surface area (Å²) in [6.45, 7) is 2.98. The van der Waals surface area contributed by atoms with Gasteiger partial charge in [-0.2, -0.15) is 11.8 Å². The topological polar surface area (TPSA) is 55.0 Å². The summed E-state index contributed by atoms with van der Waals surface area (Å²) in [5.74, 6) is 1.12. The van der Waals surface area contributed by atoms with Gasteiger partial charge in [0.2, 0.25) is 0 Å². The lowest BCUT2D eigenvalue weighted by molar-refractivity contribution is 0.267. The van der Waals surface area contributed by atoms with Crippen LogP contribution in [0.5, 0.6) is 0 Å². The number of thioether (sulfide) groups is 1. The van der Waals surface area contributed by atoms with E-state index in [2.05, 4.69) is 34.7 Å². The van der Waals surface area contributed by atoms with Gasteiger partial charge in [0.05, 0.1) is 0 Å². The molecule has 0 saturated carbocycles. The van der Waals surface area contributed by atoms with Crippen LogP contribution in [0.15, 0.2) is 0 Å². The zero-order valence-corrected chi connectivity index (χ0v) is 10.4. The normalized spacial score (nSPS) is 13.4. The lowest BCUT2D eigenvalue weighted by atomic mass is 10.3. The van der Waals surface area contributed by atoms with Crippen molar-refractivity contribution in [2.45, 2.75) is 19.5 Å². The monoisotopic (exact) mass is 232 g/mol. The molecule has 0 aliphatic rings. The average Bonchev–Trinajstić information content (AvgIpc) is 2.52. The van der Waals surface area contributed by atoms with Crippen molar-refractivity contribution in [2.75, 3.05) is 24.8 Å². The lowest BCUT2D eigenvalue weighted by Crippen LogP contribution is -2.30. The number of rotatable bonds is 5. The fourth-order valence-corrected chi connectivity index (χ4v) is 2.26. The predicted molar refractivity (Wildman–Crippen MR) is 63.6 cm³/mol. The molecule has 1 atom stereocenters. The highest BCUT2D eigenvalue weighted by Gasteiger charge is 2.12. The standard InChI is InChI=1S/C8H16N4S2/c1-6(5-13-3)12(2)4-7-8(9)14-11-10-7/h6H,4-5,9H2,1-3H3. The fraction of sp³-hybridized carbons (Fsp3) is 0.750. The number of hydrogen-bond donors (Lipinski definition) is 1. The number of aromatic nitrogens is 2. The summed E-state index contributed by atoms with van der Waals surface area (Å²) in [7, 11) is 2.08. The van der Waals surface area contributed by atoms with Gasteiger partial charge in [0, 0.05) is 29.9 Å². The van der Waals surface area contributed by atoms with E-state index in [1.165, 1.54) is 11.5 Å². The first kappa shape index (κ1) is 11.7. The van der Waals surface area contributed by atoms with Crippen LogP contribution in [0, 0.1) is 0 Å². The molecule has 14 heavy (non-hydrogen) atoms. The Morgan fingerprint density at radius 1 is 1.64 bits per heavy atom. The molecule has 0 radical (unpaired) electrons. The Hall–Kier alpha value is -0.330. The molecule has 1 rings (SSSR count). The molecule has 0 spiro atoms. The minimum absolute atomic E-state index is 0.533. The molecule has 0 saturated heterocycles. The summed E-state index contributed by atoms with van der Waals surface area (Å²) in [5.41, 5.74) is 6.62. The average molecular weight is 232 g/mol. The van der Waals surface area contributed by atoms with Crippen LogP contribution >= 0.6 is 23.3 Å². The Kier molecular flexibility index (Phi) is 4.64. The molecule has 6 heteroatoms. The Morgan fingerprint density at radius 2 is 2.36 bits per heavy atom. The van der Waals surface area contributed by atoms with E-state index in [4.69, 9.17) is 5.73 Å². The minimum Gasteiger partial charge on any atom is -0.388 e. The van der Waals surface area contributed by atoms with E-state index in [1.54, 1.807) is 0 Å². The number of nitrogens with two attached hydrogens (primary N) is 1. The van der Waals surface area contributed by atoms with Crippen molar-refractivity contribution in [3.63, 3.8) is 0 Å². The van der Waals surface area contributed by atoms with Crippen molar-refractivity contribution in [3.05, 3.63) is 5.69 Å². The molecule has 1 heterocycles. The third-order valence-corrected chi connectivity index (χ3v) is 3.56. The lowest BCUT2D eigenvalue weighted by Gasteiger charge is -2.22. The SMILES string of the molecule is CSCC(C)N(C)Cc1nnsc1N. The maximum absolute atomic E-state index is 5.72. The molecule has 0 aliphatic carbocycles. The number of nitrogens with zero attached hydrogens (tertiary/aromatic N) is 3. The van der Waals surface area contributed by atoms with E-state index in [0.29, 0.717) is 6.04 Å². The molecule has 0 bridgehead atoms. The second-order valence-electron chi connectivity index (χ2n) is 3.30. The second-order valence-corrected chi connectivity index (χ2v) is 5.00. The molecule has 80 valence electrons. The van der Waals surface area contributed by atoms with Gasteiger partial charge in [0.15, 0.2) is 0 Å². The van der Waals surface area contributed by atoms with Crippen LogP contribution in [0.4, 0.5) is 5.00 Å². The highest BCUT2D eigenvalue weighted by Crippen LogP contribution is 2.15. The van der Waals surface area contributed by atoms with Crippen LogP contribution in [-0.2, 0) is 6.54 Å². The van der Waals surface area contributed by atoms with Gasteiger partial charge in [-0.05, 0) is 20.2 Å². The Balaban J connectivity index is 2.48. The first-order valence-corrected chi connectivity index (χ1v) is 6.57. The van der Waals surface area contributed by atoms with Crippen LogP contribution in [0.25, 0.3) is 0 Å². The molecule has 1 unspecified atom stereocenters. The fourth-order valence-electron chi connectivity index (χ4n) is 1.09. The maximum Gasteiger partial charge on any atom is 0.132 e. The third-order valence-electron chi connectivity index (χ3n) is 2.14. The number of anilines is 1. The van der Waals surface area contributed by atoms with E-state index in [9.17, 15) is 0 Å². The summed E-state index contributed by atoms with van der Waals surface area (Å²) < 4.78 is 3.81. The number of hydrogen-bond acceptors (Lipinski definition) is 6. The summed E-state index contributed by atoms with van der Waals surface area (Å²) in [4.78, 5) is 2.24. The summed E-state index contributed by atoms with van der Waals surface area (Å²) >= 11 is 3.10. The molecule has 2 N–H and O–H groups in total. The minimum atomic E-state index is 0.533. The van der Waals surface area contributed by atoms with Gasteiger partial charge >= 0.3 is 0 Å². The van der Waals surface area contributed by atoms with Crippen molar-refractivity contribution in [1.82, 2.24) is 14.5 Å². The molecule has 0 fully saturated rings. The van der Waals surface area contributed by atoms with Gasteiger partial charge in [-0.25, -0.2) is 0 Å². The van der Waals surface area contributed by atoms with Gasteiger partial charge in [0.1, 0.15) is 10.7 Å². The Bertz CT molecular complexity index is 276. The van der Waals surface area contributed by atoms with E-state index in [-0.39, 0.29) is 0 Å². The van der Waals surface area contributed by atoms with E-state index >= 15 is 0 Å². The highest BCUT2D eigenvalue weighted by atomic mass is 32.2. The molecular weight excluding hydrogens is 216 g/mol. The zero-order valence-electron chi connectivity index (χ0n) is 8.73.